The van der Waals surface area contributed by atoms with Gasteiger partial charge in [-0.15, -0.1) is 0 Å². The zero-order chi connectivity index (χ0) is 31.7. The van der Waals surface area contributed by atoms with E-state index in [2.05, 4.69) is 32.4 Å². The number of fused-ring (bicyclic) bond motifs is 5. The predicted molar refractivity (Wildman–Crippen MR) is 165 cm³/mol. The van der Waals surface area contributed by atoms with Crippen molar-refractivity contribution in [2.75, 3.05) is 50.8 Å². The molecule has 0 bridgehead atoms. The first-order valence-electron chi connectivity index (χ1n) is 16.0. The van der Waals surface area contributed by atoms with Crippen molar-refractivity contribution in [1.82, 2.24) is 24.8 Å². The van der Waals surface area contributed by atoms with Crippen molar-refractivity contribution in [3.05, 3.63) is 65.2 Å². The molecule has 1 aromatic carbocycles. The molecular weight excluding hydrogens is 595 g/mol. The maximum atomic E-state index is 16.7. The van der Waals surface area contributed by atoms with E-state index in [4.69, 9.17) is 16.3 Å². The number of rotatable bonds is 7. The Kier molecular flexibility index (Phi) is 6.94. The Labute approximate surface area is 264 Å². The maximum absolute atomic E-state index is 16.7. The topological polar surface area (TPSA) is 79.1 Å². The van der Waals surface area contributed by atoms with E-state index in [1.165, 1.54) is 16.0 Å². The molecule has 46 heavy (non-hydrogen) atoms. The van der Waals surface area contributed by atoms with Crippen LogP contribution >= 0.6 is 0 Å². The number of carbonyl (C=O) groups excluding carboxylic acids is 1. The van der Waals surface area contributed by atoms with E-state index in [0.29, 0.717) is 36.0 Å². The average molecular weight is 630 g/mol. The minimum Gasteiger partial charge on any atom is -0.461 e. The Hall–Kier alpha value is -4.24. The number of anilines is 1. The van der Waals surface area contributed by atoms with Gasteiger partial charge in [-0.25, -0.2) is 19.7 Å². The van der Waals surface area contributed by atoms with Gasteiger partial charge < -0.3 is 19.4 Å². The second-order valence-electron chi connectivity index (χ2n) is 13.4. The van der Waals surface area contributed by atoms with E-state index < -0.39 is 35.3 Å². The Morgan fingerprint density at radius 1 is 1.22 bits per heavy atom. The zero-order valence-corrected chi connectivity index (χ0v) is 25.4. The summed E-state index contributed by atoms with van der Waals surface area (Å²) in [4.78, 5) is 35.3. The van der Waals surface area contributed by atoms with E-state index in [1.54, 1.807) is 6.20 Å². The zero-order valence-electron chi connectivity index (χ0n) is 25.4. The van der Waals surface area contributed by atoms with Crippen LogP contribution in [0.25, 0.3) is 27.0 Å². The van der Waals surface area contributed by atoms with Gasteiger partial charge in [-0.05, 0) is 55.2 Å². The van der Waals surface area contributed by atoms with E-state index in [0.717, 1.165) is 37.8 Å². The molecule has 5 aliphatic rings. The molecule has 1 saturated carbocycles. The second-order valence-corrected chi connectivity index (χ2v) is 13.4. The molecule has 1 amide bonds. The van der Waals surface area contributed by atoms with Gasteiger partial charge in [0, 0.05) is 44.4 Å². The standard InChI is InChI=1S/C34H34F3N7O2/c1-19(35)32(45)44-10-9-42(17-23(44)14-38-2)31-26-15-39-29(24-6-3-5-20-11-21-12-25(21)27(20)24)28(37)30(26)40-33(41-31)46-18-34-7-4-8-43(34)16-22(36)13-34/h3,5-6,15,21-23,25H,1,4,7-14,16-18H2/t21-,22+,23-,25+,34-/m0/s1. The lowest BCUT2D eigenvalue weighted by atomic mass is 9.95. The van der Waals surface area contributed by atoms with Crippen LogP contribution in [0.5, 0.6) is 6.01 Å². The first kappa shape index (κ1) is 29.2. The van der Waals surface area contributed by atoms with Crippen LogP contribution in [-0.4, -0.2) is 94.3 Å². The van der Waals surface area contributed by atoms with Crippen molar-refractivity contribution in [3.8, 4) is 17.3 Å². The first-order chi connectivity index (χ1) is 22.3. The molecule has 0 spiro atoms. The molecule has 8 rings (SSSR count). The summed E-state index contributed by atoms with van der Waals surface area (Å²) in [6.45, 7) is 12.4. The van der Waals surface area contributed by atoms with Gasteiger partial charge in [0.1, 0.15) is 35.8 Å². The average Bonchev–Trinajstić information content (AvgIpc) is 3.37. The van der Waals surface area contributed by atoms with Crippen molar-refractivity contribution < 1.29 is 22.7 Å². The lowest BCUT2D eigenvalue weighted by Crippen LogP contribution is -2.56. The summed E-state index contributed by atoms with van der Waals surface area (Å²) in [6.07, 6.45) is 4.87. The van der Waals surface area contributed by atoms with Crippen molar-refractivity contribution >= 4 is 22.6 Å². The normalized spacial score (nSPS) is 28.1. The Morgan fingerprint density at radius 3 is 2.91 bits per heavy atom. The van der Waals surface area contributed by atoms with E-state index in [1.807, 2.05) is 17.0 Å². The summed E-state index contributed by atoms with van der Waals surface area (Å²) in [6, 6.07) is 5.30. The maximum Gasteiger partial charge on any atom is 0.319 e. The molecule has 2 aliphatic carbocycles. The van der Waals surface area contributed by atoms with Crippen LogP contribution in [0, 0.1) is 18.3 Å². The highest BCUT2D eigenvalue weighted by molar-refractivity contribution is 5.93. The summed E-state index contributed by atoms with van der Waals surface area (Å²) >= 11 is 0. The smallest absolute Gasteiger partial charge is 0.319 e. The van der Waals surface area contributed by atoms with E-state index in [-0.39, 0.29) is 50.0 Å². The second kappa shape index (κ2) is 10.9. The third-order valence-corrected chi connectivity index (χ3v) is 10.7. The number of carbonyl (C=O) groups is 1. The van der Waals surface area contributed by atoms with Gasteiger partial charge in [0.15, 0.2) is 11.6 Å². The number of alkyl halides is 1. The summed E-state index contributed by atoms with van der Waals surface area (Å²) in [7, 11) is 0. The fraction of sp³-hybridized carbons (Fsp3) is 0.500. The SMILES string of the molecule is [C-]#[N+]C[C@H]1CN(c2nc(OC[C@@]34CCCN3C[C@H](F)C4)nc3c(F)c(-c4cccc5c4[C@@H]4C[C@@H]4C5)ncc23)CCN1C(=O)C(=C)F. The van der Waals surface area contributed by atoms with Crippen LogP contribution in [-0.2, 0) is 11.2 Å². The molecule has 0 N–H and O–H groups in total. The van der Waals surface area contributed by atoms with Crippen molar-refractivity contribution in [2.45, 2.75) is 55.8 Å². The molecule has 0 unspecified atom stereocenters. The molecule has 9 nitrogen and oxygen atoms in total. The Morgan fingerprint density at radius 2 is 2.09 bits per heavy atom. The predicted octanol–water partition coefficient (Wildman–Crippen LogP) is 4.87. The number of piperazine rings is 1. The number of aromatic nitrogens is 3. The van der Waals surface area contributed by atoms with Crippen LogP contribution in [0.3, 0.4) is 0 Å². The number of benzene rings is 1. The molecule has 0 radical (unpaired) electrons. The number of halogens is 3. The third-order valence-electron chi connectivity index (χ3n) is 10.7. The monoisotopic (exact) mass is 629 g/mol. The highest BCUT2D eigenvalue weighted by atomic mass is 19.1. The molecule has 3 aliphatic heterocycles. The number of hydrogen-bond acceptors (Lipinski definition) is 7. The van der Waals surface area contributed by atoms with Crippen LogP contribution in [0.4, 0.5) is 19.0 Å². The van der Waals surface area contributed by atoms with Crippen LogP contribution in [0.2, 0.25) is 0 Å². The Balaban J connectivity index is 1.20. The third kappa shape index (κ3) is 4.70. The number of hydrogen-bond donors (Lipinski definition) is 0. The highest BCUT2D eigenvalue weighted by Crippen LogP contribution is 2.58. The van der Waals surface area contributed by atoms with Gasteiger partial charge in [0.25, 0.3) is 5.91 Å². The molecule has 12 heteroatoms. The van der Waals surface area contributed by atoms with Gasteiger partial charge in [0.2, 0.25) is 6.54 Å². The van der Waals surface area contributed by atoms with Gasteiger partial charge in [-0.3, -0.25) is 14.7 Å². The molecule has 238 valence electrons. The Bertz CT molecular complexity index is 1810. The molecule has 3 saturated heterocycles. The molecule has 2 aromatic heterocycles. The van der Waals surface area contributed by atoms with Crippen molar-refractivity contribution in [3.63, 3.8) is 0 Å². The minimum absolute atomic E-state index is 0.0278. The van der Waals surface area contributed by atoms with Gasteiger partial charge >= 0.3 is 6.01 Å². The highest BCUT2D eigenvalue weighted by Gasteiger charge is 2.50. The van der Waals surface area contributed by atoms with Crippen LogP contribution < -0.4 is 9.64 Å². The molecule has 3 aromatic rings. The largest absolute Gasteiger partial charge is 0.461 e. The number of amides is 1. The molecule has 4 fully saturated rings. The number of pyridine rings is 1. The summed E-state index contributed by atoms with van der Waals surface area (Å²) < 4.78 is 51.3. The van der Waals surface area contributed by atoms with Crippen molar-refractivity contribution in [1.29, 1.82) is 0 Å². The summed E-state index contributed by atoms with van der Waals surface area (Å²) in [5.41, 5.74) is 3.02. The number of ether oxygens (including phenoxy) is 1. The fourth-order valence-electron chi connectivity index (χ4n) is 8.44. The lowest BCUT2D eigenvalue weighted by molar-refractivity contribution is -0.131. The van der Waals surface area contributed by atoms with E-state index in [9.17, 15) is 13.6 Å². The van der Waals surface area contributed by atoms with Gasteiger partial charge in [0.05, 0.1) is 10.9 Å². The van der Waals surface area contributed by atoms with Gasteiger partial charge in [-0.1, -0.05) is 24.8 Å². The molecule has 5 heterocycles. The van der Waals surface area contributed by atoms with Crippen molar-refractivity contribution in [2.24, 2.45) is 5.92 Å². The summed E-state index contributed by atoms with van der Waals surface area (Å²) in [5.74, 6) is -1.10. The van der Waals surface area contributed by atoms with E-state index >= 15 is 4.39 Å². The molecule has 5 atom stereocenters. The minimum atomic E-state index is -1.09. The molecular formula is C34H34F3N7O2. The fourth-order valence-corrected chi connectivity index (χ4v) is 8.44. The number of nitrogens with zero attached hydrogens (tertiary/aromatic N) is 7. The van der Waals surface area contributed by atoms with Crippen LogP contribution in [0.15, 0.2) is 36.8 Å². The summed E-state index contributed by atoms with van der Waals surface area (Å²) in [5, 5.41) is 0.368. The quantitative estimate of drug-likeness (QED) is 0.273. The first-order valence-corrected chi connectivity index (χ1v) is 16.0. The lowest BCUT2D eigenvalue weighted by Gasteiger charge is -2.39. The van der Waals surface area contributed by atoms with Gasteiger partial charge in [-0.2, -0.15) is 9.97 Å². The van der Waals surface area contributed by atoms with Crippen LogP contribution in [0.1, 0.15) is 42.7 Å².